The molecule has 6 atom stereocenters. The number of carbonyl (C=O) groups is 4. The summed E-state index contributed by atoms with van der Waals surface area (Å²) in [6, 6.07) is 0. The van der Waals surface area contributed by atoms with Gasteiger partial charge in [0, 0.05) is 25.7 Å². The van der Waals surface area contributed by atoms with E-state index in [1.54, 1.807) is 0 Å². The average molecular weight is 1280 g/mol. The molecule has 0 aliphatic rings. The Labute approximate surface area is 530 Å². The Hall–Kier alpha value is -1.94. The van der Waals surface area contributed by atoms with Gasteiger partial charge in [-0.25, -0.2) is 9.13 Å². The zero-order valence-corrected chi connectivity index (χ0v) is 57.9. The third kappa shape index (κ3) is 61.3. The van der Waals surface area contributed by atoms with Crippen molar-refractivity contribution in [3.05, 3.63) is 0 Å². The van der Waals surface area contributed by atoms with Gasteiger partial charge in [-0.2, -0.15) is 0 Å². The molecule has 0 aromatic carbocycles. The number of aliphatic hydroxyl groups excluding tert-OH is 1. The van der Waals surface area contributed by atoms with Crippen LogP contribution in [0.4, 0.5) is 0 Å². The van der Waals surface area contributed by atoms with Gasteiger partial charge >= 0.3 is 39.5 Å². The molecule has 0 radical (unpaired) electrons. The Morgan fingerprint density at radius 3 is 0.816 bits per heavy atom. The molecule has 3 unspecified atom stereocenters. The number of phosphoric ester groups is 2. The number of carbonyl (C=O) groups excluding carboxylic acids is 4. The summed E-state index contributed by atoms with van der Waals surface area (Å²) >= 11 is 0. The van der Waals surface area contributed by atoms with Crippen LogP contribution in [-0.4, -0.2) is 96.7 Å². The monoisotopic (exact) mass is 1280 g/mol. The molecule has 0 aliphatic carbocycles. The van der Waals surface area contributed by atoms with E-state index >= 15 is 0 Å². The Bertz CT molecular complexity index is 1690. The van der Waals surface area contributed by atoms with E-state index in [1.807, 2.05) is 0 Å². The van der Waals surface area contributed by atoms with E-state index in [1.165, 1.54) is 167 Å². The number of hydrogen-bond acceptors (Lipinski definition) is 15. The van der Waals surface area contributed by atoms with Crippen molar-refractivity contribution in [3.8, 4) is 0 Å². The Balaban J connectivity index is 5.25. The maximum atomic E-state index is 13.0. The predicted octanol–water partition coefficient (Wildman–Crippen LogP) is 19.4. The van der Waals surface area contributed by atoms with Crippen molar-refractivity contribution in [2.75, 3.05) is 39.6 Å². The molecule has 3 N–H and O–H groups in total. The molecule has 87 heavy (non-hydrogen) atoms. The molecule has 19 heteroatoms. The van der Waals surface area contributed by atoms with Crippen LogP contribution in [0.25, 0.3) is 0 Å². The number of rotatable bonds is 68. The summed E-state index contributed by atoms with van der Waals surface area (Å²) in [5.74, 6) is -1.39. The third-order valence-corrected chi connectivity index (χ3v) is 18.0. The lowest BCUT2D eigenvalue weighted by Gasteiger charge is -2.21. The highest BCUT2D eigenvalue weighted by atomic mass is 31.2. The molecule has 0 aromatic rings. The van der Waals surface area contributed by atoms with Crippen LogP contribution < -0.4 is 0 Å². The molecule has 0 fully saturated rings. The van der Waals surface area contributed by atoms with E-state index in [9.17, 15) is 43.2 Å². The van der Waals surface area contributed by atoms with Crippen LogP contribution in [0.15, 0.2) is 0 Å². The van der Waals surface area contributed by atoms with Crippen molar-refractivity contribution < 1.29 is 80.2 Å². The van der Waals surface area contributed by atoms with Crippen molar-refractivity contribution in [2.24, 2.45) is 5.92 Å². The zero-order valence-electron chi connectivity index (χ0n) is 56.2. The van der Waals surface area contributed by atoms with Crippen LogP contribution in [0.3, 0.4) is 0 Å². The molecule has 0 amide bonds. The number of aliphatic hydroxyl groups is 1. The van der Waals surface area contributed by atoms with E-state index in [0.717, 1.165) is 102 Å². The molecule has 516 valence electrons. The van der Waals surface area contributed by atoms with Crippen LogP contribution in [0.1, 0.15) is 349 Å². The van der Waals surface area contributed by atoms with E-state index in [0.29, 0.717) is 25.7 Å². The second-order valence-corrected chi connectivity index (χ2v) is 27.7. The molecule has 0 aliphatic heterocycles. The summed E-state index contributed by atoms with van der Waals surface area (Å²) in [7, 11) is -9.89. The Morgan fingerprint density at radius 2 is 0.552 bits per heavy atom. The summed E-state index contributed by atoms with van der Waals surface area (Å²) in [5, 5.41) is 10.6. The summed E-state index contributed by atoms with van der Waals surface area (Å²) in [5.41, 5.74) is 0. The normalized spacial score (nSPS) is 14.4. The molecule has 17 nitrogen and oxygen atoms in total. The molecule has 0 spiro atoms. The largest absolute Gasteiger partial charge is 0.472 e. The number of unbranched alkanes of at least 4 members (excludes halogenated alkanes) is 39. The summed E-state index contributed by atoms with van der Waals surface area (Å²) < 4.78 is 68.2. The number of hydrogen-bond donors (Lipinski definition) is 3. The highest BCUT2D eigenvalue weighted by Crippen LogP contribution is 2.45. The van der Waals surface area contributed by atoms with Gasteiger partial charge in [-0.05, 0) is 31.6 Å². The van der Waals surface area contributed by atoms with Gasteiger partial charge in [0.05, 0.1) is 26.4 Å². The lowest BCUT2D eigenvalue weighted by atomic mass is 10.00. The summed E-state index contributed by atoms with van der Waals surface area (Å²) in [6.45, 7) is 7.19. The second kappa shape index (κ2) is 61.6. The standard InChI is InChI=1S/C68H132O17P2/c1-6-10-13-16-19-22-25-27-30-32-35-41-46-51-65(70)78-57-63(84-68(73)54-49-44-37-34-31-28-26-23-20-17-14-11-7-2)59-82-86(74,75)80-55-62(69)56-81-87(76,77)83-60-64(58-79-66(71)52-47-42-39-38-40-45-50-61(5)9-4)85-67(72)53-48-43-36-33-29-24-21-18-15-12-8-3/h61-64,69H,6-60H2,1-5H3,(H,74,75)(H,76,77)/t61?,62-,63-,64-/m1/s1. The van der Waals surface area contributed by atoms with Crippen LogP contribution in [0.5, 0.6) is 0 Å². The van der Waals surface area contributed by atoms with Gasteiger partial charge in [-0.3, -0.25) is 37.3 Å². The summed E-state index contributed by atoms with van der Waals surface area (Å²) in [4.78, 5) is 72.4. The van der Waals surface area contributed by atoms with Crippen molar-refractivity contribution in [1.29, 1.82) is 0 Å². The number of phosphoric acid groups is 2. The quantitative estimate of drug-likeness (QED) is 0.0222. The SMILES string of the molecule is CCCCCCCCCCCCCCCC(=O)OC[C@H](COP(=O)(O)OC[C@@H](O)COP(=O)(O)OC[C@@H](COC(=O)CCCCCCCCC(C)CC)OC(=O)CCCCCCCCCCCCC)OC(=O)CCCCCCCCCCCCCCC. The highest BCUT2D eigenvalue weighted by molar-refractivity contribution is 7.47. The Morgan fingerprint density at radius 1 is 0.322 bits per heavy atom. The maximum absolute atomic E-state index is 13.0. The van der Waals surface area contributed by atoms with Gasteiger partial charge in [0.25, 0.3) is 0 Å². The lowest BCUT2D eigenvalue weighted by Crippen LogP contribution is -2.30. The van der Waals surface area contributed by atoms with Gasteiger partial charge in [0.15, 0.2) is 12.2 Å². The van der Waals surface area contributed by atoms with E-state index in [2.05, 4.69) is 34.6 Å². The lowest BCUT2D eigenvalue weighted by molar-refractivity contribution is -0.161. The first kappa shape index (κ1) is 85.1. The first-order valence-electron chi connectivity index (χ1n) is 35.7. The Kier molecular flexibility index (Phi) is 60.2. The number of esters is 4. The average Bonchev–Trinajstić information content (AvgIpc) is 3.70. The van der Waals surface area contributed by atoms with E-state index < -0.39 is 97.5 Å². The molecule has 0 rings (SSSR count). The van der Waals surface area contributed by atoms with Crippen molar-refractivity contribution in [1.82, 2.24) is 0 Å². The fourth-order valence-electron chi connectivity index (χ4n) is 10.3. The van der Waals surface area contributed by atoms with Gasteiger partial charge in [-0.1, -0.05) is 298 Å². The van der Waals surface area contributed by atoms with Gasteiger partial charge < -0.3 is 33.8 Å². The zero-order chi connectivity index (χ0) is 64.2. The molecule has 0 saturated heterocycles. The topological polar surface area (TPSA) is 237 Å². The third-order valence-electron chi connectivity index (χ3n) is 16.1. The molecule has 0 bridgehead atoms. The van der Waals surface area contributed by atoms with Crippen LogP contribution in [0, 0.1) is 5.92 Å². The molecule has 0 aromatic heterocycles. The minimum absolute atomic E-state index is 0.106. The fraction of sp³-hybridized carbons (Fsp3) is 0.941. The van der Waals surface area contributed by atoms with Gasteiger partial charge in [0.1, 0.15) is 19.3 Å². The molecule has 0 saturated carbocycles. The van der Waals surface area contributed by atoms with Crippen molar-refractivity contribution in [2.45, 2.75) is 368 Å². The van der Waals surface area contributed by atoms with E-state index in [4.69, 9.17) is 37.0 Å². The minimum atomic E-state index is -4.95. The molecular formula is C68H132O17P2. The highest BCUT2D eigenvalue weighted by Gasteiger charge is 2.30. The van der Waals surface area contributed by atoms with Crippen LogP contribution in [-0.2, 0) is 65.4 Å². The second-order valence-electron chi connectivity index (χ2n) is 24.8. The molecule has 0 heterocycles. The predicted molar refractivity (Wildman–Crippen MR) is 349 cm³/mol. The maximum Gasteiger partial charge on any atom is 0.472 e. The minimum Gasteiger partial charge on any atom is -0.462 e. The fourth-order valence-corrected chi connectivity index (χ4v) is 11.8. The van der Waals surface area contributed by atoms with E-state index in [-0.39, 0.29) is 25.7 Å². The first-order chi connectivity index (χ1) is 42.1. The van der Waals surface area contributed by atoms with Gasteiger partial charge in [0.2, 0.25) is 0 Å². The molecular weight excluding hydrogens is 1150 g/mol. The smallest absolute Gasteiger partial charge is 0.462 e. The van der Waals surface area contributed by atoms with Crippen molar-refractivity contribution >= 4 is 39.5 Å². The first-order valence-corrected chi connectivity index (χ1v) is 38.7. The van der Waals surface area contributed by atoms with Crippen molar-refractivity contribution in [3.63, 3.8) is 0 Å². The van der Waals surface area contributed by atoms with Gasteiger partial charge in [-0.15, -0.1) is 0 Å². The summed E-state index contributed by atoms with van der Waals surface area (Å²) in [6.07, 6.45) is 47.0. The van der Waals surface area contributed by atoms with Crippen LogP contribution >= 0.6 is 15.6 Å². The number of ether oxygens (including phenoxy) is 4. The van der Waals surface area contributed by atoms with Crippen LogP contribution in [0.2, 0.25) is 0 Å².